The number of hydrogen-bond acceptors (Lipinski definition) is 4. The lowest BCUT2D eigenvalue weighted by Crippen LogP contribution is -2.40. The third kappa shape index (κ3) is 3.66. The van der Waals surface area contributed by atoms with Gasteiger partial charge in [0.25, 0.3) is 5.91 Å². The van der Waals surface area contributed by atoms with E-state index in [4.69, 9.17) is 4.74 Å². The molecule has 2 saturated carbocycles. The molecule has 6 nitrogen and oxygen atoms in total. The van der Waals surface area contributed by atoms with Crippen molar-refractivity contribution < 1.29 is 19.1 Å². The van der Waals surface area contributed by atoms with Crippen molar-refractivity contribution in [3.05, 3.63) is 59.2 Å². The second-order valence-electron chi connectivity index (χ2n) is 9.14. The maximum Gasteiger partial charge on any atom is 0.310 e. The zero-order valence-corrected chi connectivity index (χ0v) is 20.2. The van der Waals surface area contributed by atoms with Crippen LogP contribution in [-0.4, -0.2) is 28.7 Å². The van der Waals surface area contributed by atoms with E-state index in [2.05, 4.69) is 40.4 Å². The lowest BCUT2D eigenvalue weighted by atomic mass is 9.79. The van der Waals surface area contributed by atoms with Crippen molar-refractivity contribution in [1.82, 2.24) is 0 Å². The van der Waals surface area contributed by atoms with Gasteiger partial charge in [0.05, 0.1) is 16.7 Å². The zero-order chi connectivity index (χ0) is 23.3. The number of esters is 1. The number of para-hydroxylation sites is 1. The number of carbonyl (C=O) groups excluding carboxylic acids is 3. The Kier molecular flexibility index (Phi) is 5.77. The summed E-state index contributed by atoms with van der Waals surface area (Å²) in [6.45, 7) is 4.14. The number of anilines is 2. The molecule has 1 aliphatic heterocycles. The van der Waals surface area contributed by atoms with Crippen molar-refractivity contribution in [2.24, 2.45) is 23.7 Å². The third-order valence-electron chi connectivity index (χ3n) is 7.48. The van der Waals surface area contributed by atoms with E-state index in [0.717, 1.165) is 36.1 Å². The van der Waals surface area contributed by atoms with E-state index in [0.29, 0.717) is 11.3 Å². The number of amides is 2. The van der Waals surface area contributed by atoms with Gasteiger partial charge in [0.15, 0.2) is 0 Å². The maximum atomic E-state index is 13.1. The molecular weight excluding hydrogens is 484 g/mol. The predicted molar refractivity (Wildman–Crippen MR) is 129 cm³/mol. The first-order valence-corrected chi connectivity index (χ1v) is 12.5. The van der Waals surface area contributed by atoms with Crippen LogP contribution in [0.15, 0.2) is 42.5 Å². The van der Waals surface area contributed by atoms with Gasteiger partial charge in [0, 0.05) is 22.9 Å². The van der Waals surface area contributed by atoms with Gasteiger partial charge in [-0.3, -0.25) is 14.4 Å². The lowest BCUT2D eigenvalue weighted by molar-refractivity contribution is -0.145. The molecule has 2 aromatic carbocycles. The molecule has 6 atom stereocenters. The fraction of sp³-hybridized carbons (Fsp3) is 0.423. The van der Waals surface area contributed by atoms with Crippen LogP contribution in [0, 0.1) is 23.7 Å². The van der Waals surface area contributed by atoms with Crippen molar-refractivity contribution >= 4 is 45.1 Å². The number of rotatable bonds is 6. The first-order chi connectivity index (χ1) is 15.9. The molecule has 2 bridgehead atoms. The smallest absolute Gasteiger partial charge is 0.310 e. The molecule has 2 amide bonds. The van der Waals surface area contributed by atoms with Crippen LogP contribution < -0.4 is 10.6 Å². The first-order valence-electron chi connectivity index (χ1n) is 11.6. The second-order valence-corrected chi connectivity index (χ2v) is 10.2. The SMILES string of the molecule is CCc1cccc(CC)c1NC(=O)c1ccc(NC(=O)[C@@H]2[C@H]3C[C@H]4[C@H](OC(=O)[C@H]42)[C@H]3Br)cc1. The van der Waals surface area contributed by atoms with Crippen molar-refractivity contribution in [3.63, 3.8) is 0 Å². The van der Waals surface area contributed by atoms with E-state index in [1.54, 1.807) is 24.3 Å². The summed E-state index contributed by atoms with van der Waals surface area (Å²) in [4.78, 5) is 38.3. The molecule has 172 valence electrons. The van der Waals surface area contributed by atoms with E-state index in [9.17, 15) is 14.4 Å². The molecule has 0 spiro atoms. The minimum Gasteiger partial charge on any atom is -0.461 e. The molecule has 0 radical (unpaired) electrons. The zero-order valence-electron chi connectivity index (χ0n) is 18.6. The Hall–Kier alpha value is -2.67. The number of benzene rings is 2. The van der Waals surface area contributed by atoms with Crippen LogP contribution in [0.2, 0.25) is 0 Å². The number of halogens is 1. The Morgan fingerprint density at radius 1 is 1.00 bits per heavy atom. The molecular formula is C26H27BrN2O4. The Bertz CT molecular complexity index is 1090. The van der Waals surface area contributed by atoms with Crippen molar-refractivity contribution in [2.45, 2.75) is 44.0 Å². The van der Waals surface area contributed by atoms with Crippen LogP contribution in [0.4, 0.5) is 11.4 Å². The highest BCUT2D eigenvalue weighted by molar-refractivity contribution is 9.09. The Balaban J connectivity index is 1.28. The van der Waals surface area contributed by atoms with Crippen molar-refractivity contribution in [2.75, 3.05) is 10.6 Å². The highest BCUT2D eigenvalue weighted by Crippen LogP contribution is 2.60. The number of nitrogens with one attached hydrogen (secondary N) is 2. The minimum atomic E-state index is -0.383. The number of carbonyl (C=O) groups is 3. The van der Waals surface area contributed by atoms with E-state index in [1.807, 2.05) is 18.2 Å². The summed E-state index contributed by atoms with van der Waals surface area (Å²) in [5, 5.41) is 6.01. The fourth-order valence-electron chi connectivity index (χ4n) is 5.85. The van der Waals surface area contributed by atoms with E-state index in [-0.39, 0.29) is 52.4 Å². The molecule has 1 saturated heterocycles. The minimum absolute atomic E-state index is 0.0334. The molecule has 33 heavy (non-hydrogen) atoms. The van der Waals surface area contributed by atoms with Gasteiger partial charge in [-0.2, -0.15) is 0 Å². The normalized spacial score (nSPS) is 29.1. The van der Waals surface area contributed by atoms with Gasteiger partial charge in [-0.1, -0.05) is 48.0 Å². The molecule has 2 aromatic rings. The lowest BCUT2D eigenvalue weighted by Gasteiger charge is -2.27. The van der Waals surface area contributed by atoms with Gasteiger partial charge >= 0.3 is 5.97 Å². The van der Waals surface area contributed by atoms with Crippen LogP contribution in [0.1, 0.15) is 41.8 Å². The number of fused-ring (bicyclic) bond motifs is 1. The third-order valence-corrected chi connectivity index (χ3v) is 8.68. The molecule has 2 N–H and O–H groups in total. The molecule has 0 aromatic heterocycles. The van der Waals surface area contributed by atoms with Gasteiger partial charge in [0.2, 0.25) is 5.91 Å². The summed E-state index contributed by atoms with van der Waals surface area (Å²) in [6.07, 6.45) is 2.41. The molecule has 0 unspecified atom stereocenters. The summed E-state index contributed by atoms with van der Waals surface area (Å²) in [5.74, 6) is -1.08. The van der Waals surface area contributed by atoms with Crippen LogP contribution >= 0.6 is 15.9 Å². The highest BCUT2D eigenvalue weighted by atomic mass is 79.9. The molecule has 2 aliphatic carbocycles. The summed E-state index contributed by atoms with van der Waals surface area (Å²) < 4.78 is 5.50. The van der Waals surface area contributed by atoms with Crippen molar-refractivity contribution in [1.29, 1.82) is 0 Å². The van der Waals surface area contributed by atoms with E-state index >= 15 is 0 Å². The topological polar surface area (TPSA) is 84.5 Å². The van der Waals surface area contributed by atoms with Gasteiger partial charge in [0.1, 0.15) is 6.10 Å². The second kappa shape index (κ2) is 8.60. The van der Waals surface area contributed by atoms with Gasteiger partial charge < -0.3 is 15.4 Å². The average molecular weight is 511 g/mol. The van der Waals surface area contributed by atoms with Gasteiger partial charge in [-0.15, -0.1) is 0 Å². The van der Waals surface area contributed by atoms with Crippen molar-refractivity contribution in [3.8, 4) is 0 Å². The Labute approximate surface area is 201 Å². The molecule has 5 rings (SSSR count). The van der Waals surface area contributed by atoms with E-state index < -0.39 is 0 Å². The van der Waals surface area contributed by atoms with Gasteiger partial charge in [-0.25, -0.2) is 0 Å². The molecule has 1 heterocycles. The van der Waals surface area contributed by atoms with Crippen LogP contribution in [0.5, 0.6) is 0 Å². The summed E-state index contributed by atoms with van der Waals surface area (Å²) in [7, 11) is 0. The number of ether oxygens (including phenoxy) is 1. The molecule has 3 fully saturated rings. The van der Waals surface area contributed by atoms with Gasteiger partial charge in [-0.05, 0) is 60.6 Å². The number of aryl methyl sites for hydroxylation is 2. The maximum absolute atomic E-state index is 13.1. The standard InChI is InChI=1S/C26H27BrN2O4/c1-3-13-6-5-7-14(4-2)22(13)29-24(30)15-8-10-16(11-9-15)28-25(31)19-17-12-18-20(19)26(32)33-23(18)21(17)27/h5-11,17-21,23H,3-4,12H2,1-2H3,(H,28,31)(H,29,30)/t17-,18-,19-,20-,21+,23+/m1/s1. The predicted octanol–water partition coefficient (Wildman–Crippen LogP) is 4.57. The molecule has 7 heteroatoms. The van der Waals surface area contributed by atoms with E-state index in [1.165, 1.54) is 0 Å². The monoisotopic (exact) mass is 510 g/mol. The van der Waals surface area contributed by atoms with Crippen LogP contribution in [-0.2, 0) is 27.2 Å². The quantitative estimate of drug-likeness (QED) is 0.440. The fourth-order valence-corrected chi connectivity index (χ4v) is 6.89. The number of hydrogen-bond donors (Lipinski definition) is 2. The summed E-state index contributed by atoms with van der Waals surface area (Å²) in [5.41, 5.74) is 4.22. The molecule has 3 aliphatic rings. The summed E-state index contributed by atoms with van der Waals surface area (Å²) in [6, 6.07) is 13.0. The Morgan fingerprint density at radius 3 is 2.30 bits per heavy atom. The Morgan fingerprint density at radius 2 is 1.67 bits per heavy atom. The van der Waals surface area contributed by atoms with Crippen LogP contribution in [0.25, 0.3) is 0 Å². The highest BCUT2D eigenvalue weighted by Gasteiger charge is 2.67. The average Bonchev–Trinajstić information content (AvgIpc) is 3.44. The summed E-state index contributed by atoms with van der Waals surface area (Å²) >= 11 is 3.64. The largest absolute Gasteiger partial charge is 0.461 e. The number of alkyl halides is 1. The first kappa shape index (κ1) is 22.1. The van der Waals surface area contributed by atoms with Crippen LogP contribution in [0.3, 0.4) is 0 Å².